The molecule has 2 atom stereocenters. The molecule has 392 valence electrons. The summed E-state index contributed by atoms with van der Waals surface area (Å²) in [6.45, 7) is 4.86. The van der Waals surface area contributed by atoms with Crippen LogP contribution in [0.2, 0.25) is 0 Å². The number of hydrogen-bond acceptors (Lipinski definition) is 5. The van der Waals surface area contributed by atoms with Crippen LogP contribution in [0.15, 0.2) is 48.6 Å². The lowest BCUT2D eigenvalue weighted by Crippen LogP contribution is -2.45. The van der Waals surface area contributed by atoms with Gasteiger partial charge in [0.15, 0.2) is 0 Å². The molecule has 0 aliphatic carbocycles. The number of aliphatic hydroxyl groups is 2. The Morgan fingerprint density at radius 2 is 0.746 bits per heavy atom. The highest BCUT2D eigenvalue weighted by Gasteiger charge is 2.18. The number of unbranched alkanes of at least 4 members (excludes halogenated alkanes) is 37. The van der Waals surface area contributed by atoms with Gasteiger partial charge in [-0.1, -0.05) is 249 Å². The Kier molecular flexibility index (Phi) is 54.6. The number of nitrogens with one attached hydrogen (secondary N) is 1. The second kappa shape index (κ2) is 56.4. The summed E-state index contributed by atoms with van der Waals surface area (Å²) in [5.41, 5.74) is 0. The zero-order chi connectivity index (χ0) is 48.6. The fourth-order valence-electron chi connectivity index (χ4n) is 8.78. The summed E-state index contributed by atoms with van der Waals surface area (Å²) < 4.78 is 5.49. The van der Waals surface area contributed by atoms with Gasteiger partial charge in [-0.3, -0.25) is 9.59 Å². The van der Waals surface area contributed by atoms with Gasteiger partial charge in [-0.05, 0) is 89.9 Å². The second-order valence-corrected chi connectivity index (χ2v) is 20.0. The SMILES string of the molecule is CCCCC/C=C\C/C=C\CCCCCCCCCCCC(=O)OCCCCCCCCCC/C=C\CCCCCCCCCC(=O)NC(CO)C(O)/C=C/CCCCCCCCCCCC. The van der Waals surface area contributed by atoms with E-state index in [0.29, 0.717) is 19.4 Å². The molecule has 0 saturated heterocycles. The van der Waals surface area contributed by atoms with Crippen molar-refractivity contribution in [1.82, 2.24) is 5.32 Å². The third kappa shape index (κ3) is 53.0. The number of amides is 1. The van der Waals surface area contributed by atoms with Crippen molar-refractivity contribution in [3.63, 3.8) is 0 Å². The zero-order valence-electron chi connectivity index (χ0n) is 44.6. The first kappa shape index (κ1) is 64.8. The first-order valence-corrected chi connectivity index (χ1v) is 29.4. The molecule has 0 aromatic heterocycles. The van der Waals surface area contributed by atoms with Crippen molar-refractivity contribution >= 4 is 11.9 Å². The molecule has 0 radical (unpaired) electrons. The van der Waals surface area contributed by atoms with E-state index in [1.165, 1.54) is 218 Å². The fraction of sp³-hybridized carbons (Fsp3) is 0.836. The maximum absolute atomic E-state index is 12.4. The third-order valence-electron chi connectivity index (χ3n) is 13.3. The minimum absolute atomic E-state index is 0.00115. The van der Waals surface area contributed by atoms with Crippen molar-refractivity contribution < 1.29 is 24.5 Å². The zero-order valence-corrected chi connectivity index (χ0v) is 44.6. The summed E-state index contributed by atoms with van der Waals surface area (Å²) in [5.74, 6) is -0.0801. The molecule has 3 N–H and O–H groups in total. The average molecular weight is 941 g/mol. The number of allylic oxidation sites excluding steroid dienone is 7. The minimum Gasteiger partial charge on any atom is -0.466 e. The van der Waals surface area contributed by atoms with Gasteiger partial charge in [-0.2, -0.15) is 0 Å². The van der Waals surface area contributed by atoms with Crippen LogP contribution < -0.4 is 5.32 Å². The molecule has 0 aliphatic rings. The molecule has 0 aliphatic heterocycles. The van der Waals surface area contributed by atoms with Gasteiger partial charge in [0.2, 0.25) is 5.91 Å². The number of hydrogen-bond donors (Lipinski definition) is 3. The molecular weight excluding hydrogens is 827 g/mol. The summed E-state index contributed by atoms with van der Waals surface area (Å²) in [6, 6.07) is -0.635. The lowest BCUT2D eigenvalue weighted by atomic mass is 10.0. The van der Waals surface area contributed by atoms with E-state index in [0.717, 1.165) is 57.8 Å². The van der Waals surface area contributed by atoms with Crippen LogP contribution in [0.5, 0.6) is 0 Å². The Morgan fingerprint density at radius 1 is 0.418 bits per heavy atom. The van der Waals surface area contributed by atoms with E-state index in [4.69, 9.17) is 4.74 Å². The van der Waals surface area contributed by atoms with Crippen molar-refractivity contribution in [3.8, 4) is 0 Å². The monoisotopic (exact) mass is 940 g/mol. The molecule has 0 bridgehead atoms. The lowest BCUT2D eigenvalue weighted by Gasteiger charge is -2.20. The topological polar surface area (TPSA) is 95.9 Å². The number of ether oxygens (including phenoxy) is 1. The Hall–Kier alpha value is -2.18. The van der Waals surface area contributed by atoms with Gasteiger partial charge in [0.1, 0.15) is 0 Å². The Bertz CT molecular complexity index is 1130. The standard InChI is InChI=1S/C61H113NO5/c1-3-5-7-9-11-13-15-17-18-19-21-25-28-31-35-39-43-47-51-55-61(66)67-56-52-48-44-40-36-32-29-26-23-20-22-24-27-30-34-38-42-46-50-54-60(65)62-58(57-63)59(64)53-49-45-41-37-33-16-14-12-10-8-6-4-2/h11,13,17-18,20,22,49,53,58-59,63-64H,3-10,12,14-16,19,21,23-48,50-52,54-57H2,1-2H3,(H,62,65)/b13-11-,18-17-,22-20-,53-49+. The molecule has 0 saturated carbocycles. The average Bonchev–Trinajstić information content (AvgIpc) is 3.33. The van der Waals surface area contributed by atoms with Gasteiger partial charge >= 0.3 is 5.97 Å². The number of rotatable bonds is 54. The van der Waals surface area contributed by atoms with Gasteiger partial charge in [0, 0.05) is 12.8 Å². The number of carbonyl (C=O) groups is 2. The van der Waals surface area contributed by atoms with Crippen molar-refractivity contribution in [2.45, 2.75) is 315 Å². The van der Waals surface area contributed by atoms with Crippen molar-refractivity contribution in [1.29, 1.82) is 0 Å². The molecule has 0 heterocycles. The predicted octanol–water partition coefficient (Wildman–Crippen LogP) is 18.2. The van der Waals surface area contributed by atoms with Crippen LogP contribution >= 0.6 is 0 Å². The normalized spacial score (nSPS) is 13.0. The first-order chi connectivity index (χ1) is 33.0. The Morgan fingerprint density at radius 3 is 1.18 bits per heavy atom. The van der Waals surface area contributed by atoms with Crippen molar-refractivity contribution in [3.05, 3.63) is 48.6 Å². The first-order valence-electron chi connectivity index (χ1n) is 29.4. The molecule has 67 heavy (non-hydrogen) atoms. The molecule has 0 fully saturated rings. The van der Waals surface area contributed by atoms with E-state index < -0.39 is 12.1 Å². The quantitative estimate of drug-likeness (QED) is 0.0321. The molecule has 0 aromatic rings. The largest absolute Gasteiger partial charge is 0.466 e. The van der Waals surface area contributed by atoms with Crippen LogP contribution in [-0.4, -0.2) is 47.4 Å². The number of aliphatic hydroxyl groups excluding tert-OH is 2. The van der Waals surface area contributed by atoms with Gasteiger partial charge in [0.25, 0.3) is 0 Å². The van der Waals surface area contributed by atoms with E-state index in [9.17, 15) is 19.8 Å². The molecule has 6 nitrogen and oxygen atoms in total. The third-order valence-corrected chi connectivity index (χ3v) is 13.3. The smallest absolute Gasteiger partial charge is 0.305 e. The predicted molar refractivity (Wildman–Crippen MR) is 292 cm³/mol. The molecule has 6 heteroatoms. The fourth-order valence-corrected chi connectivity index (χ4v) is 8.78. The second-order valence-electron chi connectivity index (χ2n) is 20.0. The lowest BCUT2D eigenvalue weighted by molar-refractivity contribution is -0.143. The molecule has 0 aromatic carbocycles. The summed E-state index contributed by atoms with van der Waals surface area (Å²) in [6.07, 6.45) is 71.3. The molecule has 2 unspecified atom stereocenters. The summed E-state index contributed by atoms with van der Waals surface area (Å²) in [4.78, 5) is 24.5. The summed E-state index contributed by atoms with van der Waals surface area (Å²) in [7, 11) is 0. The van der Waals surface area contributed by atoms with Crippen LogP contribution in [0.3, 0.4) is 0 Å². The maximum Gasteiger partial charge on any atom is 0.305 e. The molecule has 0 spiro atoms. The van der Waals surface area contributed by atoms with Crippen LogP contribution in [-0.2, 0) is 14.3 Å². The van der Waals surface area contributed by atoms with E-state index in [2.05, 4.69) is 55.6 Å². The van der Waals surface area contributed by atoms with Gasteiger partial charge in [0.05, 0.1) is 25.4 Å². The number of esters is 1. The highest BCUT2D eigenvalue weighted by Crippen LogP contribution is 2.16. The van der Waals surface area contributed by atoms with Gasteiger partial charge in [-0.25, -0.2) is 0 Å². The summed E-state index contributed by atoms with van der Waals surface area (Å²) in [5, 5.41) is 23.0. The van der Waals surface area contributed by atoms with E-state index in [-0.39, 0.29) is 18.5 Å². The van der Waals surface area contributed by atoms with Crippen LogP contribution in [0.4, 0.5) is 0 Å². The van der Waals surface area contributed by atoms with Crippen LogP contribution in [0.1, 0.15) is 303 Å². The highest BCUT2D eigenvalue weighted by atomic mass is 16.5. The number of carbonyl (C=O) groups excluding carboxylic acids is 2. The molecule has 1 amide bonds. The van der Waals surface area contributed by atoms with Crippen molar-refractivity contribution in [2.75, 3.05) is 13.2 Å². The maximum atomic E-state index is 12.4. The van der Waals surface area contributed by atoms with E-state index in [1.54, 1.807) is 6.08 Å². The Labute approximate surface area is 416 Å². The van der Waals surface area contributed by atoms with Crippen LogP contribution in [0.25, 0.3) is 0 Å². The summed E-state index contributed by atoms with van der Waals surface area (Å²) >= 11 is 0. The van der Waals surface area contributed by atoms with E-state index >= 15 is 0 Å². The highest BCUT2D eigenvalue weighted by molar-refractivity contribution is 5.76. The van der Waals surface area contributed by atoms with Gasteiger partial charge in [-0.15, -0.1) is 0 Å². The van der Waals surface area contributed by atoms with Gasteiger partial charge < -0.3 is 20.3 Å². The van der Waals surface area contributed by atoms with Crippen LogP contribution in [0, 0.1) is 0 Å². The Balaban J connectivity index is 3.44. The molecular formula is C61H113NO5. The minimum atomic E-state index is -0.850. The van der Waals surface area contributed by atoms with E-state index in [1.807, 2.05) is 6.08 Å². The van der Waals surface area contributed by atoms with Crippen molar-refractivity contribution in [2.24, 2.45) is 0 Å². The molecule has 0 rings (SSSR count).